The Morgan fingerprint density at radius 3 is 2.65 bits per heavy atom. The van der Waals surface area contributed by atoms with Crippen LogP contribution in [0, 0.1) is 13.8 Å². The molecule has 0 unspecified atom stereocenters. The molecule has 0 aliphatic carbocycles. The number of carbonyl (C=O) groups excluding carboxylic acids is 1. The number of aromatic nitrogens is 1. The van der Waals surface area contributed by atoms with E-state index in [1.54, 1.807) is 12.3 Å². The lowest BCUT2D eigenvalue weighted by molar-refractivity contribution is 0.102. The quantitative estimate of drug-likeness (QED) is 0.706. The molecule has 0 saturated carbocycles. The molecule has 2 aromatic heterocycles. The Kier molecular flexibility index (Phi) is 5.09. The number of benzene rings is 1. The van der Waals surface area contributed by atoms with Crippen LogP contribution < -0.4 is 10.2 Å². The number of hydrogen-bond acceptors (Lipinski definition) is 3. The molecule has 0 atom stereocenters. The molecule has 3 aromatic rings. The molecular formula is C20H22ClN3O2. The minimum atomic E-state index is -0.158. The van der Waals surface area contributed by atoms with Gasteiger partial charge in [-0.05, 0) is 50.2 Å². The van der Waals surface area contributed by atoms with Crippen LogP contribution in [0.25, 0.3) is 0 Å². The van der Waals surface area contributed by atoms with E-state index >= 15 is 0 Å². The Balaban J connectivity index is 1.89. The van der Waals surface area contributed by atoms with E-state index in [1.807, 2.05) is 63.2 Å². The molecule has 2 heterocycles. The normalized spacial score (nSPS) is 10.8. The summed E-state index contributed by atoms with van der Waals surface area (Å²) in [7, 11) is 3.85. The summed E-state index contributed by atoms with van der Waals surface area (Å²) < 4.78 is 7.49. The minimum Gasteiger partial charge on any atom is -0.467 e. The van der Waals surface area contributed by atoms with Crippen LogP contribution in [0.1, 0.15) is 27.5 Å². The maximum atomic E-state index is 12.9. The molecule has 0 spiro atoms. The Morgan fingerprint density at radius 2 is 2.00 bits per heavy atom. The summed E-state index contributed by atoms with van der Waals surface area (Å²) in [5.74, 6) is 0.692. The fraction of sp³-hybridized carbons (Fsp3) is 0.250. The highest BCUT2D eigenvalue weighted by atomic mass is 35.5. The Labute approximate surface area is 158 Å². The van der Waals surface area contributed by atoms with Gasteiger partial charge in [0.2, 0.25) is 0 Å². The molecule has 26 heavy (non-hydrogen) atoms. The van der Waals surface area contributed by atoms with Gasteiger partial charge in [-0.2, -0.15) is 0 Å². The van der Waals surface area contributed by atoms with Crippen LogP contribution in [0.4, 0.5) is 11.4 Å². The third kappa shape index (κ3) is 3.63. The SMILES string of the molecule is Cc1cc(C(=O)Nc2cc(Cl)ccc2N(C)C)c(C)n1Cc1ccco1. The summed E-state index contributed by atoms with van der Waals surface area (Å²) in [4.78, 5) is 14.8. The summed E-state index contributed by atoms with van der Waals surface area (Å²) in [6.07, 6.45) is 1.65. The molecule has 1 aromatic carbocycles. The van der Waals surface area contributed by atoms with E-state index in [9.17, 15) is 4.79 Å². The lowest BCUT2D eigenvalue weighted by Gasteiger charge is -2.18. The molecule has 136 valence electrons. The smallest absolute Gasteiger partial charge is 0.257 e. The zero-order valence-electron chi connectivity index (χ0n) is 15.3. The van der Waals surface area contributed by atoms with E-state index in [1.165, 1.54) is 0 Å². The standard InChI is InChI=1S/C20H22ClN3O2/c1-13-10-17(14(2)24(13)12-16-6-5-9-26-16)20(25)22-18-11-15(21)7-8-19(18)23(3)4/h5-11H,12H2,1-4H3,(H,22,25). The highest BCUT2D eigenvalue weighted by Gasteiger charge is 2.18. The first-order valence-electron chi connectivity index (χ1n) is 8.34. The number of carbonyl (C=O) groups is 1. The van der Waals surface area contributed by atoms with Crippen molar-refractivity contribution in [2.75, 3.05) is 24.3 Å². The van der Waals surface area contributed by atoms with Crippen molar-refractivity contribution in [1.82, 2.24) is 4.57 Å². The fourth-order valence-corrected chi connectivity index (χ4v) is 3.19. The van der Waals surface area contributed by atoms with Gasteiger partial charge in [0.1, 0.15) is 5.76 Å². The Morgan fingerprint density at radius 1 is 1.23 bits per heavy atom. The predicted octanol–water partition coefficient (Wildman–Crippen LogP) is 4.72. The number of nitrogens with zero attached hydrogens (tertiary/aromatic N) is 2. The van der Waals surface area contributed by atoms with Gasteiger partial charge in [0.25, 0.3) is 5.91 Å². The average Bonchev–Trinajstić information content (AvgIpc) is 3.18. The number of amides is 1. The number of furan rings is 1. The third-order valence-corrected chi connectivity index (χ3v) is 4.64. The van der Waals surface area contributed by atoms with Crippen molar-refractivity contribution in [3.63, 3.8) is 0 Å². The van der Waals surface area contributed by atoms with E-state index in [0.717, 1.165) is 22.8 Å². The summed E-state index contributed by atoms with van der Waals surface area (Å²) in [5, 5.41) is 3.57. The number of hydrogen-bond donors (Lipinski definition) is 1. The number of nitrogens with one attached hydrogen (secondary N) is 1. The van der Waals surface area contributed by atoms with Crippen molar-refractivity contribution >= 4 is 28.9 Å². The van der Waals surface area contributed by atoms with Gasteiger partial charge in [0.15, 0.2) is 0 Å². The van der Waals surface area contributed by atoms with E-state index in [-0.39, 0.29) is 5.91 Å². The van der Waals surface area contributed by atoms with Crippen molar-refractivity contribution in [2.45, 2.75) is 20.4 Å². The van der Waals surface area contributed by atoms with Crippen LogP contribution in [0.15, 0.2) is 47.1 Å². The maximum absolute atomic E-state index is 12.9. The first-order valence-corrected chi connectivity index (χ1v) is 8.72. The summed E-state index contributed by atoms with van der Waals surface area (Å²) in [5.41, 5.74) is 4.11. The second-order valence-electron chi connectivity index (χ2n) is 6.46. The van der Waals surface area contributed by atoms with E-state index < -0.39 is 0 Å². The molecule has 5 nitrogen and oxygen atoms in total. The largest absolute Gasteiger partial charge is 0.467 e. The average molecular weight is 372 g/mol. The van der Waals surface area contributed by atoms with Gasteiger partial charge >= 0.3 is 0 Å². The highest BCUT2D eigenvalue weighted by Crippen LogP contribution is 2.29. The van der Waals surface area contributed by atoms with Crippen LogP contribution in [0.3, 0.4) is 0 Å². The van der Waals surface area contributed by atoms with Crippen molar-refractivity contribution in [3.05, 3.63) is 70.4 Å². The van der Waals surface area contributed by atoms with E-state index in [0.29, 0.717) is 22.8 Å². The van der Waals surface area contributed by atoms with Crippen molar-refractivity contribution < 1.29 is 9.21 Å². The third-order valence-electron chi connectivity index (χ3n) is 4.40. The lowest BCUT2D eigenvalue weighted by atomic mass is 10.2. The van der Waals surface area contributed by atoms with Gasteiger partial charge in [-0.15, -0.1) is 0 Å². The van der Waals surface area contributed by atoms with Gasteiger partial charge in [0.05, 0.1) is 29.7 Å². The number of anilines is 2. The molecule has 0 radical (unpaired) electrons. The second kappa shape index (κ2) is 7.30. The summed E-state index contributed by atoms with van der Waals surface area (Å²) in [6.45, 7) is 4.52. The maximum Gasteiger partial charge on any atom is 0.257 e. The van der Waals surface area contributed by atoms with Gasteiger partial charge in [-0.1, -0.05) is 11.6 Å². The monoisotopic (exact) mass is 371 g/mol. The van der Waals surface area contributed by atoms with E-state index in [4.69, 9.17) is 16.0 Å². The topological polar surface area (TPSA) is 50.4 Å². The molecule has 0 aliphatic heterocycles. The van der Waals surface area contributed by atoms with Crippen LogP contribution >= 0.6 is 11.6 Å². The van der Waals surface area contributed by atoms with Crippen LogP contribution in [-0.4, -0.2) is 24.6 Å². The lowest BCUT2D eigenvalue weighted by Crippen LogP contribution is -2.17. The summed E-state index contributed by atoms with van der Waals surface area (Å²) >= 11 is 6.11. The molecule has 6 heteroatoms. The molecular weight excluding hydrogens is 350 g/mol. The zero-order valence-corrected chi connectivity index (χ0v) is 16.1. The Hall–Kier alpha value is -2.66. The van der Waals surface area contributed by atoms with Gasteiger partial charge in [-0.3, -0.25) is 4.79 Å². The van der Waals surface area contributed by atoms with Crippen molar-refractivity contribution in [3.8, 4) is 0 Å². The molecule has 0 saturated heterocycles. The van der Waals surface area contributed by atoms with E-state index in [2.05, 4.69) is 9.88 Å². The second-order valence-corrected chi connectivity index (χ2v) is 6.90. The minimum absolute atomic E-state index is 0.158. The molecule has 1 amide bonds. The van der Waals surface area contributed by atoms with Crippen LogP contribution in [0.5, 0.6) is 0 Å². The van der Waals surface area contributed by atoms with Crippen molar-refractivity contribution in [1.29, 1.82) is 0 Å². The van der Waals surface area contributed by atoms with Crippen LogP contribution in [0.2, 0.25) is 5.02 Å². The molecule has 1 N–H and O–H groups in total. The first kappa shape index (κ1) is 18.1. The molecule has 0 aliphatic rings. The van der Waals surface area contributed by atoms with Gasteiger partial charge < -0.3 is 19.2 Å². The fourth-order valence-electron chi connectivity index (χ4n) is 3.02. The Bertz CT molecular complexity index is 927. The molecule has 3 rings (SSSR count). The zero-order chi connectivity index (χ0) is 18.8. The van der Waals surface area contributed by atoms with Gasteiger partial charge in [-0.25, -0.2) is 0 Å². The molecule has 0 bridgehead atoms. The number of halogens is 1. The predicted molar refractivity (Wildman–Crippen MR) is 105 cm³/mol. The number of rotatable bonds is 5. The highest BCUT2D eigenvalue weighted by molar-refractivity contribution is 6.31. The molecule has 0 fully saturated rings. The van der Waals surface area contributed by atoms with Crippen molar-refractivity contribution in [2.24, 2.45) is 0 Å². The number of aryl methyl sites for hydroxylation is 1. The van der Waals surface area contributed by atoms with Crippen LogP contribution in [-0.2, 0) is 6.54 Å². The van der Waals surface area contributed by atoms with Gasteiger partial charge in [0, 0.05) is 30.5 Å². The summed E-state index contributed by atoms with van der Waals surface area (Å²) in [6, 6.07) is 11.1. The first-order chi connectivity index (χ1) is 12.4.